The topological polar surface area (TPSA) is 56.2 Å². The third-order valence-electron chi connectivity index (χ3n) is 3.35. The van der Waals surface area contributed by atoms with Crippen LogP contribution in [0.15, 0.2) is 65.9 Å². The fourth-order valence-electron chi connectivity index (χ4n) is 2.11. The van der Waals surface area contributed by atoms with Crippen LogP contribution in [0.5, 0.6) is 0 Å². The Morgan fingerprint density at radius 1 is 1.00 bits per heavy atom. The summed E-state index contributed by atoms with van der Waals surface area (Å²) in [5, 5.41) is 4.14. The minimum Gasteiger partial charge on any atom is -0.368 e. The Balaban J connectivity index is 1.81. The van der Waals surface area contributed by atoms with Gasteiger partial charge in [0.05, 0.1) is 23.7 Å². The van der Waals surface area contributed by atoms with Crippen molar-refractivity contribution in [3.05, 3.63) is 71.9 Å². The summed E-state index contributed by atoms with van der Waals surface area (Å²) in [6.07, 6.45) is -1.27. The second kappa shape index (κ2) is 6.19. The number of hydrogen-bond acceptors (Lipinski definition) is 3. The lowest BCUT2D eigenvalue weighted by molar-refractivity contribution is -0.137. The average Bonchev–Trinajstić information content (AvgIpc) is 2.94. The number of hydrogen-bond donors (Lipinski definition) is 1. The molecule has 0 atom stereocenters. The van der Waals surface area contributed by atoms with Gasteiger partial charge in [-0.15, -0.1) is 0 Å². The Bertz CT molecular complexity index is 850. The molecule has 4 nitrogen and oxygen atoms in total. The van der Waals surface area contributed by atoms with Gasteiger partial charge in [-0.3, -0.25) is 0 Å². The Hall–Kier alpha value is -3.09. The van der Waals surface area contributed by atoms with Crippen LogP contribution in [0.1, 0.15) is 11.1 Å². The number of imidazole rings is 1. The number of nitrogen functional groups attached to an aromatic ring is 1. The lowest BCUT2D eigenvalue weighted by Crippen LogP contribution is -2.04. The van der Waals surface area contributed by atoms with E-state index in [4.69, 9.17) is 5.73 Å². The fourth-order valence-corrected chi connectivity index (χ4v) is 2.11. The summed E-state index contributed by atoms with van der Waals surface area (Å²) in [5.74, 6) is 0.192. The molecule has 0 aliphatic carbocycles. The number of halogens is 3. The maximum atomic E-state index is 12.5. The van der Waals surface area contributed by atoms with Gasteiger partial charge in [-0.2, -0.15) is 18.3 Å². The highest BCUT2D eigenvalue weighted by atomic mass is 19.4. The Labute approximate surface area is 136 Å². The summed E-state index contributed by atoms with van der Waals surface area (Å²) < 4.78 is 38.9. The molecule has 0 spiro atoms. The first-order valence-electron chi connectivity index (χ1n) is 7.05. The lowest BCUT2D eigenvalue weighted by Gasteiger charge is -2.05. The molecule has 1 aromatic heterocycles. The number of anilines is 1. The molecule has 0 fully saturated rings. The predicted octanol–water partition coefficient (Wildman–Crippen LogP) is 4.03. The molecule has 0 bridgehead atoms. The van der Waals surface area contributed by atoms with Gasteiger partial charge in [-0.1, -0.05) is 42.5 Å². The molecule has 3 rings (SSSR count). The van der Waals surface area contributed by atoms with Gasteiger partial charge in [0, 0.05) is 5.56 Å². The first-order chi connectivity index (χ1) is 11.4. The van der Waals surface area contributed by atoms with Gasteiger partial charge in [-0.05, 0) is 17.7 Å². The molecule has 0 aliphatic heterocycles. The van der Waals surface area contributed by atoms with Crippen LogP contribution in [0, 0.1) is 0 Å². The second-order valence-electron chi connectivity index (χ2n) is 5.06. The molecule has 3 aromatic rings. The first kappa shape index (κ1) is 15.8. The molecule has 2 N–H and O–H groups in total. The summed E-state index contributed by atoms with van der Waals surface area (Å²) in [6.45, 7) is 0. The van der Waals surface area contributed by atoms with Gasteiger partial charge in [0.25, 0.3) is 0 Å². The number of nitrogens with zero attached hydrogens (tertiary/aromatic N) is 3. The molecule has 2 aromatic carbocycles. The summed E-state index contributed by atoms with van der Waals surface area (Å²) in [4.78, 5) is 4.22. The third-order valence-corrected chi connectivity index (χ3v) is 3.35. The van der Waals surface area contributed by atoms with Crippen molar-refractivity contribution in [3.8, 4) is 11.3 Å². The van der Waals surface area contributed by atoms with E-state index >= 15 is 0 Å². The van der Waals surface area contributed by atoms with Gasteiger partial charge in [0.1, 0.15) is 0 Å². The largest absolute Gasteiger partial charge is 0.416 e. The highest BCUT2D eigenvalue weighted by molar-refractivity contribution is 5.79. The SMILES string of the molecule is Nc1nc(-c2ccccc2)cn1/N=C/c1ccc(C(F)(F)F)cc1. The van der Waals surface area contributed by atoms with Gasteiger partial charge in [0.15, 0.2) is 0 Å². The molecular formula is C17H13F3N4. The maximum absolute atomic E-state index is 12.5. The standard InChI is InChI=1S/C17H13F3N4/c18-17(19,20)14-8-6-12(7-9-14)10-22-24-11-15(23-16(24)21)13-4-2-1-3-5-13/h1-11H,(H2,21,23)/b22-10+. The zero-order valence-electron chi connectivity index (χ0n) is 12.4. The smallest absolute Gasteiger partial charge is 0.368 e. The van der Waals surface area contributed by atoms with E-state index < -0.39 is 11.7 Å². The van der Waals surface area contributed by atoms with E-state index in [0.29, 0.717) is 11.3 Å². The zero-order valence-corrected chi connectivity index (χ0v) is 12.4. The predicted molar refractivity (Wildman–Crippen MR) is 86.5 cm³/mol. The number of rotatable bonds is 3. The molecule has 0 unspecified atom stereocenters. The summed E-state index contributed by atoms with van der Waals surface area (Å²) in [7, 11) is 0. The van der Waals surface area contributed by atoms with Crippen molar-refractivity contribution in [2.24, 2.45) is 5.10 Å². The normalized spacial score (nSPS) is 12.0. The maximum Gasteiger partial charge on any atom is 0.416 e. The zero-order chi connectivity index (χ0) is 17.2. The van der Waals surface area contributed by atoms with Crippen LogP contribution < -0.4 is 5.73 Å². The van der Waals surface area contributed by atoms with E-state index in [9.17, 15) is 13.2 Å². The molecule has 0 amide bonds. The minimum atomic E-state index is -4.35. The van der Waals surface area contributed by atoms with Crippen molar-refractivity contribution < 1.29 is 13.2 Å². The van der Waals surface area contributed by atoms with Crippen LogP contribution in [0.3, 0.4) is 0 Å². The van der Waals surface area contributed by atoms with E-state index in [1.165, 1.54) is 23.0 Å². The van der Waals surface area contributed by atoms with Crippen molar-refractivity contribution in [2.75, 3.05) is 5.73 Å². The number of alkyl halides is 3. The summed E-state index contributed by atoms with van der Waals surface area (Å²) in [6, 6.07) is 14.2. The number of nitrogens with two attached hydrogens (primary N) is 1. The molecular weight excluding hydrogens is 317 g/mol. The van der Waals surface area contributed by atoms with Crippen LogP contribution in [0.2, 0.25) is 0 Å². The van der Waals surface area contributed by atoms with Crippen molar-refractivity contribution in [3.63, 3.8) is 0 Å². The van der Waals surface area contributed by atoms with Crippen LogP contribution in [0.25, 0.3) is 11.3 Å². The second-order valence-corrected chi connectivity index (χ2v) is 5.06. The van der Waals surface area contributed by atoms with Crippen molar-refractivity contribution >= 4 is 12.2 Å². The van der Waals surface area contributed by atoms with Crippen LogP contribution >= 0.6 is 0 Å². The highest BCUT2D eigenvalue weighted by Crippen LogP contribution is 2.28. The molecule has 0 radical (unpaired) electrons. The first-order valence-corrected chi connectivity index (χ1v) is 7.05. The lowest BCUT2D eigenvalue weighted by atomic mass is 10.1. The fraction of sp³-hybridized carbons (Fsp3) is 0.0588. The Kier molecular flexibility index (Phi) is 4.07. The molecule has 7 heteroatoms. The van der Waals surface area contributed by atoms with Crippen molar-refractivity contribution in [1.82, 2.24) is 9.66 Å². The van der Waals surface area contributed by atoms with Crippen molar-refractivity contribution in [1.29, 1.82) is 0 Å². The van der Waals surface area contributed by atoms with Crippen LogP contribution in [-0.2, 0) is 6.18 Å². The van der Waals surface area contributed by atoms with Gasteiger partial charge >= 0.3 is 6.18 Å². The van der Waals surface area contributed by atoms with Crippen molar-refractivity contribution in [2.45, 2.75) is 6.18 Å². The third kappa shape index (κ3) is 3.45. The Morgan fingerprint density at radius 2 is 1.67 bits per heavy atom. The highest BCUT2D eigenvalue weighted by Gasteiger charge is 2.29. The minimum absolute atomic E-state index is 0.192. The monoisotopic (exact) mass is 330 g/mol. The van der Waals surface area contributed by atoms with E-state index in [1.807, 2.05) is 30.3 Å². The summed E-state index contributed by atoms with van der Waals surface area (Å²) >= 11 is 0. The van der Waals surface area contributed by atoms with E-state index in [-0.39, 0.29) is 5.95 Å². The quantitative estimate of drug-likeness (QED) is 0.737. The summed E-state index contributed by atoms with van der Waals surface area (Å²) in [5.41, 5.74) is 7.20. The molecule has 0 saturated heterocycles. The Morgan fingerprint density at radius 3 is 2.29 bits per heavy atom. The van der Waals surface area contributed by atoms with E-state index in [1.54, 1.807) is 6.20 Å². The van der Waals surface area contributed by atoms with Crippen LogP contribution in [0.4, 0.5) is 19.1 Å². The van der Waals surface area contributed by atoms with E-state index in [2.05, 4.69) is 10.1 Å². The van der Waals surface area contributed by atoms with Gasteiger partial charge in [0.2, 0.25) is 5.95 Å². The van der Waals surface area contributed by atoms with Gasteiger partial charge < -0.3 is 5.73 Å². The van der Waals surface area contributed by atoms with Crippen LogP contribution in [-0.4, -0.2) is 15.9 Å². The number of aromatic nitrogens is 2. The molecule has 24 heavy (non-hydrogen) atoms. The average molecular weight is 330 g/mol. The molecule has 122 valence electrons. The van der Waals surface area contributed by atoms with E-state index in [0.717, 1.165) is 17.7 Å². The number of benzene rings is 2. The van der Waals surface area contributed by atoms with Gasteiger partial charge in [-0.25, -0.2) is 9.66 Å². The molecule has 0 saturated carbocycles. The molecule has 1 heterocycles. The molecule has 0 aliphatic rings.